The molecule has 0 spiro atoms. The molecular weight excluding hydrogens is 210 g/mol. The molecule has 2 rings (SSSR count). The van der Waals surface area contributed by atoms with E-state index in [0.717, 1.165) is 0 Å². The van der Waals surface area contributed by atoms with E-state index in [0.29, 0.717) is 31.4 Å². The molecule has 1 saturated carbocycles. The number of carbonyl (C=O) groups is 2. The maximum absolute atomic E-state index is 11.4. The zero-order valence-electron chi connectivity index (χ0n) is 9.01. The third-order valence-corrected chi connectivity index (χ3v) is 3.16. The van der Waals surface area contributed by atoms with Crippen LogP contribution >= 0.6 is 0 Å². The van der Waals surface area contributed by atoms with Gasteiger partial charge in [-0.1, -0.05) is 5.21 Å². The number of carboxylic acid groups (broad SMARTS) is 1. The van der Waals surface area contributed by atoms with Crippen LogP contribution in [0, 0.1) is 0 Å². The predicted molar refractivity (Wildman–Crippen MR) is 53.8 cm³/mol. The predicted octanol–water partition coefficient (Wildman–Crippen LogP) is 0.281. The second-order valence-electron chi connectivity index (χ2n) is 4.20. The lowest BCUT2D eigenvalue weighted by molar-refractivity contribution is -0.146. The van der Waals surface area contributed by atoms with Gasteiger partial charge in [-0.25, -0.2) is 0 Å². The molecule has 0 aliphatic heterocycles. The Labute approximate surface area is 92.3 Å². The van der Waals surface area contributed by atoms with Gasteiger partial charge in [0.05, 0.1) is 5.69 Å². The van der Waals surface area contributed by atoms with E-state index in [2.05, 4.69) is 10.3 Å². The van der Waals surface area contributed by atoms with Crippen molar-refractivity contribution in [1.29, 1.82) is 0 Å². The van der Waals surface area contributed by atoms with Gasteiger partial charge in [0.1, 0.15) is 11.2 Å². The lowest BCUT2D eigenvalue weighted by atomic mass is 9.71. The van der Waals surface area contributed by atoms with E-state index in [9.17, 15) is 14.7 Å². The number of aryl methyl sites for hydroxylation is 1. The first-order valence-electron chi connectivity index (χ1n) is 5.16. The summed E-state index contributed by atoms with van der Waals surface area (Å²) in [5.41, 5.74) is -0.572. The maximum Gasteiger partial charge on any atom is 0.315 e. The van der Waals surface area contributed by atoms with Crippen LogP contribution in [0.15, 0.2) is 6.20 Å². The second kappa shape index (κ2) is 3.70. The van der Waals surface area contributed by atoms with Gasteiger partial charge >= 0.3 is 5.97 Å². The lowest BCUT2D eigenvalue weighted by Crippen LogP contribution is -2.40. The fraction of sp³-hybridized carbons (Fsp3) is 0.600. The number of hydrogen-bond acceptors (Lipinski definition) is 4. The van der Waals surface area contributed by atoms with E-state index in [4.69, 9.17) is 0 Å². The van der Waals surface area contributed by atoms with E-state index in [1.165, 1.54) is 4.68 Å². The molecule has 0 unspecified atom stereocenters. The number of ketones is 1. The zero-order chi connectivity index (χ0) is 11.8. The maximum atomic E-state index is 11.4. The molecule has 1 aliphatic carbocycles. The van der Waals surface area contributed by atoms with Crippen LogP contribution in [0.2, 0.25) is 0 Å². The molecule has 16 heavy (non-hydrogen) atoms. The summed E-state index contributed by atoms with van der Waals surface area (Å²) >= 11 is 0. The summed E-state index contributed by atoms with van der Waals surface area (Å²) in [4.78, 5) is 22.6. The van der Waals surface area contributed by atoms with Crippen molar-refractivity contribution in [2.75, 3.05) is 0 Å². The molecule has 0 amide bonds. The monoisotopic (exact) mass is 223 g/mol. The van der Waals surface area contributed by atoms with Gasteiger partial charge in [-0.2, -0.15) is 0 Å². The van der Waals surface area contributed by atoms with Crippen LogP contribution in [0.4, 0.5) is 0 Å². The molecule has 1 N–H and O–H groups in total. The number of hydrogen-bond donors (Lipinski definition) is 1. The molecule has 6 heteroatoms. The molecule has 86 valence electrons. The molecule has 1 aliphatic rings. The number of carbonyl (C=O) groups excluding carboxylic acids is 1. The van der Waals surface area contributed by atoms with Crippen LogP contribution in [0.3, 0.4) is 0 Å². The quantitative estimate of drug-likeness (QED) is 0.778. The van der Waals surface area contributed by atoms with Gasteiger partial charge in [0.15, 0.2) is 0 Å². The van der Waals surface area contributed by atoms with Crippen molar-refractivity contribution in [2.45, 2.75) is 31.1 Å². The van der Waals surface area contributed by atoms with Crippen molar-refractivity contribution in [3.63, 3.8) is 0 Å². The van der Waals surface area contributed by atoms with E-state index in [1.54, 1.807) is 13.2 Å². The molecule has 1 aromatic heterocycles. The molecule has 0 radical (unpaired) electrons. The van der Waals surface area contributed by atoms with Gasteiger partial charge < -0.3 is 5.11 Å². The molecule has 1 fully saturated rings. The molecule has 1 heterocycles. The zero-order valence-corrected chi connectivity index (χ0v) is 9.01. The van der Waals surface area contributed by atoms with Crippen LogP contribution in [-0.2, 0) is 22.1 Å². The summed E-state index contributed by atoms with van der Waals surface area (Å²) in [7, 11) is 1.69. The smallest absolute Gasteiger partial charge is 0.315 e. The number of Topliss-reactive ketones (excluding diaryl/α,β-unsaturated/α-hetero) is 1. The molecule has 0 atom stereocenters. The van der Waals surface area contributed by atoms with Crippen molar-refractivity contribution < 1.29 is 14.7 Å². The molecule has 0 aromatic carbocycles. The van der Waals surface area contributed by atoms with Crippen LogP contribution in [0.5, 0.6) is 0 Å². The largest absolute Gasteiger partial charge is 0.481 e. The first-order valence-corrected chi connectivity index (χ1v) is 5.16. The summed E-state index contributed by atoms with van der Waals surface area (Å²) < 4.78 is 1.48. The van der Waals surface area contributed by atoms with E-state index >= 15 is 0 Å². The van der Waals surface area contributed by atoms with Crippen molar-refractivity contribution in [1.82, 2.24) is 15.0 Å². The minimum absolute atomic E-state index is 0.126. The Morgan fingerprint density at radius 2 is 2.12 bits per heavy atom. The minimum Gasteiger partial charge on any atom is -0.481 e. The van der Waals surface area contributed by atoms with Gasteiger partial charge in [-0.3, -0.25) is 14.3 Å². The van der Waals surface area contributed by atoms with Crippen molar-refractivity contribution >= 4 is 11.8 Å². The fourth-order valence-corrected chi connectivity index (χ4v) is 2.10. The average Bonchev–Trinajstić information content (AvgIpc) is 2.66. The Balaban J connectivity index is 2.36. The number of carboxylic acids is 1. The first kappa shape index (κ1) is 10.8. The number of aromatic nitrogens is 3. The third kappa shape index (κ3) is 1.60. The summed E-state index contributed by atoms with van der Waals surface area (Å²) in [6, 6.07) is 0. The number of nitrogens with zero attached hydrogens (tertiary/aromatic N) is 3. The first-order chi connectivity index (χ1) is 7.54. The lowest BCUT2D eigenvalue weighted by Gasteiger charge is -2.30. The third-order valence-electron chi connectivity index (χ3n) is 3.16. The van der Waals surface area contributed by atoms with Crippen LogP contribution < -0.4 is 0 Å². The SMILES string of the molecule is Cn1cc(C2(C(=O)O)CCC(=O)CC2)nn1. The highest BCUT2D eigenvalue weighted by atomic mass is 16.4. The Hall–Kier alpha value is -1.72. The van der Waals surface area contributed by atoms with E-state index < -0.39 is 11.4 Å². The highest BCUT2D eigenvalue weighted by molar-refractivity contribution is 5.87. The summed E-state index contributed by atoms with van der Waals surface area (Å²) in [6.45, 7) is 0. The van der Waals surface area contributed by atoms with Gasteiger partial charge in [0.2, 0.25) is 0 Å². The summed E-state index contributed by atoms with van der Waals surface area (Å²) in [6.07, 6.45) is 2.87. The van der Waals surface area contributed by atoms with Gasteiger partial charge in [-0.05, 0) is 12.8 Å². The standard InChI is InChI=1S/C10H13N3O3/c1-13-6-8(11-12-13)10(9(15)16)4-2-7(14)3-5-10/h6H,2-5H2,1H3,(H,15,16). The van der Waals surface area contributed by atoms with Gasteiger partial charge in [0.25, 0.3) is 0 Å². The highest BCUT2D eigenvalue weighted by Gasteiger charge is 2.45. The molecule has 0 saturated heterocycles. The normalized spacial score (nSPS) is 19.7. The van der Waals surface area contributed by atoms with Crippen LogP contribution in [0.25, 0.3) is 0 Å². The number of rotatable bonds is 2. The van der Waals surface area contributed by atoms with Gasteiger partial charge in [-0.15, -0.1) is 5.10 Å². The fourth-order valence-electron chi connectivity index (χ4n) is 2.10. The Kier molecular flexibility index (Phi) is 2.49. The molecule has 1 aromatic rings. The van der Waals surface area contributed by atoms with Crippen LogP contribution in [-0.4, -0.2) is 31.9 Å². The van der Waals surface area contributed by atoms with Gasteiger partial charge in [0, 0.05) is 26.1 Å². The van der Waals surface area contributed by atoms with Crippen LogP contribution in [0.1, 0.15) is 31.4 Å². The molecule has 0 bridgehead atoms. The number of aliphatic carboxylic acids is 1. The van der Waals surface area contributed by atoms with E-state index in [1.807, 2.05) is 0 Å². The van der Waals surface area contributed by atoms with Crippen molar-refractivity contribution in [3.8, 4) is 0 Å². The minimum atomic E-state index is -1.03. The second-order valence-corrected chi connectivity index (χ2v) is 4.20. The summed E-state index contributed by atoms with van der Waals surface area (Å²) in [5.74, 6) is -0.790. The van der Waals surface area contributed by atoms with Crippen molar-refractivity contribution in [2.24, 2.45) is 7.05 Å². The summed E-state index contributed by atoms with van der Waals surface area (Å²) in [5, 5.41) is 17.0. The Morgan fingerprint density at radius 1 is 1.50 bits per heavy atom. The molecule has 6 nitrogen and oxygen atoms in total. The Morgan fingerprint density at radius 3 is 2.56 bits per heavy atom. The van der Waals surface area contributed by atoms with Crippen molar-refractivity contribution in [3.05, 3.63) is 11.9 Å². The average molecular weight is 223 g/mol. The Bertz CT molecular complexity index is 428. The topological polar surface area (TPSA) is 85.1 Å². The van der Waals surface area contributed by atoms with E-state index in [-0.39, 0.29) is 5.78 Å². The molecular formula is C10H13N3O3. The highest BCUT2D eigenvalue weighted by Crippen LogP contribution is 2.37.